The number of likely N-dealkylation sites (tertiary alicyclic amines) is 1. The number of rotatable bonds is 6. The molecule has 33 heavy (non-hydrogen) atoms. The Bertz CT molecular complexity index is 1110. The van der Waals surface area contributed by atoms with Crippen molar-refractivity contribution in [3.8, 4) is 11.1 Å². The van der Waals surface area contributed by atoms with Gasteiger partial charge in [0.15, 0.2) is 5.82 Å². The Morgan fingerprint density at radius 2 is 1.97 bits per heavy atom. The van der Waals surface area contributed by atoms with Crippen LogP contribution in [-0.4, -0.2) is 68.0 Å². The predicted octanol–water partition coefficient (Wildman–Crippen LogP) is 3.28. The van der Waals surface area contributed by atoms with Crippen molar-refractivity contribution in [1.82, 2.24) is 29.6 Å². The van der Waals surface area contributed by atoms with Crippen LogP contribution in [0.3, 0.4) is 0 Å². The minimum Gasteiger partial charge on any atom is -0.382 e. The van der Waals surface area contributed by atoms with E-state index in [4.69, 9.17) is 25.5 Å². The average molecular weight is 451 g/mol. The Kier molecular flexibility index (Phi) is 6.16. The van der Waals surface area contributed by atoms with E-state index in [-0.39, 0.29) is 6.04 Å². The molecule has 0 bridgehead atoms. The van der Waals surface area contributed by atoms with Crippen molar-refractivity contribution < 1.29 is 4.74 Å². The van der Waals surface area contributed by atoms with E-state index in [0.29, 0.717) is 30.0 Å². The first-order chi connectivity index (χ1) is 16.0. The lowest BCUT2D eigenvalue weighted by molar-refractivity contribution is 0.147. The van der Waals surface area contributed by atoms with Gasteiger partial charge in [0, 0.05) is 49.3 Å². The average Bonchev–Trinajstić information content (AvgIpc) is 3.52. The normalized spacial score (nSPS) is 20.2. The number of pyridine rings is 1. The van der Waals surface area contributed by atoms with Gasteiger partial charge in [-0.2, -0.15) is 5.10 Å². The molecule has 0 saturated carbocycles. The van der Waals surface area contributed by atoms with Crippen molar-refractivity contribution in [3.63, 3.8) is 0 Å². The maximum absolute atomic E-state index is 6.22. The number of nitrogen functional groups attached to an aromatic ring is 1. The molecule has 0 aromatic carbocycles. The van der Waals surface area contributed by atoms with Crippen molar-refractivity contribution in [2.75, 3.05) is 37.4 Å². The van der Waals surface area contributed by atoms with Crippen LogP contribution in [0.2, 0.25) is 0 Å². The number of fused-ring (bicyclic) bond motifs is 1. The fourth-order valence-electron chi connectivity index (χ4n) is 4.85. The topological polar surface area (TPSA) is 107 Å². The Hall–Kier alpha value is -2.78. The van der Waals surface area contributed by atoms with Gasteiger partial charge in [-0.05, 0) is 39.5 Å². The van der Waals surface area contributed by atoms with E-state index in [9.17, 15) is 0 Å². The lowest BCUT2D eigenvalue weighted by Gasteiger charge is -2.34. The molecule has 0 unspecified atom stereocenters. The zero-order valence-electron chi connectivity index (χ0n) is 19.8. The van der Waals surface area contributed by atoms with Crippen molar-refractivity contribution in [1.29, 1.82) is 0 Å². The highest BCUT2D eigenvalue weighted by atomic mass is 16.5. The third kappa shape index (κ3) is 4.39. The summed E-state index contributed by atoms with van der Waals surface area (Å²) in [5.41, 5.74) is 10.4. The van der Waals surface area contributed by atoms with Crippen LogP contribution in [-0.2, 0) is 11.2 Å². The summed E-state index contributed by atoms with van der Waals surface area (Å²) >= 11 is 0. The molecular formula is C24H34N8O. The summed E-state index contributed by atoms with van der Waals surface area (Å²) < 4.78 is 7.64. The Balaban J connectivity index is 1.47. The molecule has 0 amide bonds. The summed E-state index contributed by atoms with van der Waals surface area (Å²) in [6.07, 6.45) is 9.77. The highest BCUT2D eigenvalue weighted by Crippen LogP contribution is 2.32. The third-order valence-electron chi connectivity index (χ3n) is 6.92. The van der Waals surface area contributed by atoms with Crippen LogP contribution in [0.15, 0.2) is 18.6 Å². The largest absolute Gasteiger partial charge is 0.382 e. The molecule has 5 heterocycles. The minimum absolute atomic E-state index is 0.254. The van der Waals surface area contributed by atoms with Gasteiger partial charge in [0.05, 0.1) is 30.6 Å². The van der Waals surface area contributed by atoms with Crippen LogP contribution < -0.4 is 11.1 Å². The lowest BCUT2D eigenvalue weighted by Crippen LogP contribution is -2.39. The first kappa shape index (κ1) is 22.0. The van der Waals surface area contributed by atoms with E-state index in [1.165, 1.54) is 0 Å². The van der Waals surface area contributed by atoms with Gasteiger partial charge in [-0.15, -0.1) is 0 Å². The number of ether oxygens (including phenoxy) is 1. The summed E-state index contributed by atoms with van der Waals surface area (Å²) in [6.45, 7) is 10.3. The van der Waals surface area contributed by atoms with E-state index >= 15 is 0 Å². The maximum atomic E-state index is 6.22. The molecule has 0 radical (unpaired) electrons. The summed E-state index contributed by atoms with van der Waals surface area (Å²) in [5, 5.41) is 8.25. The van der Waals surface area contributed by atoms with Gasteiger partial charge in [0.2, 0.25) is 0 Å². The molecule has 9 heteroatoms. The van der Waals surface area contributed by atoms with Crippen molar-refractivity contribution >= 4 is 22.7 Å². The molecule has 0 aliphatic carbocycles. The summed E-state index contributed by atoms with van der Waals surface area (Å²) in [7, 11) is 0. The summed E-state index contributed by atoms with van der Waals surface area (Å²) in [6, 6.07) is 1.26. The molecule has 0 spiro atoms. The van der Waals surface area contributed by atoms with Gasteiger partial charge in [-0.3, -0.25) is 4.68 Å². The van der Waals surface area contributed by atoms with Crippen molar-refractivity contribution in [2.45, 2.75) is 64.6 Å². The molecule has 3 N–H and O–H groups in total. The molecule has 1 atom stereocenters. The number of piperidine rings is 1. The van der Waals surface area contributed by atoms with Gasteiger partial charge < -0.3 is 20.7 Å². The quantitative estimate of drug-likeness (QED) is 0.589. The molecule has 3 aromatic rings. The standard InChI is InChI=1S/C24H34N8O/c1-4-20-24(28-17-7-10-33-14-17)30-21-19(12-26-23(25)22(21)29-20)16-11-27-32(13-16)18-5-8-31(9-6-18)15(2)3/h11-13,15,17-18H,4-10,14H2,1-3H3,(H2,25,26)(H,28,30)/t17-/m0/s1. The van der Waals surface area contributed by atoms with Gasteiger partial charge in [0.25, 0.3) is 0 Å². The van der Waals surface area contributed by atoms with E-state index in [1.807, 2.05) is 6.20 Å². The number of hydrogen-bond donors (Lipinski definition) is 2. The molecule has 2 fully saturated rings. The monoisotopic (exact) mass is 450 g/mol. The second kappa shape index (κ2) is 9.23. The number of nitrogens with one attached hydrogen (secondary N) is 1. The lowest BCUT2D eigenvalue weighted by atomic mass is 10.0. The Labute approximate surface area is 194 Å². The minimum atomic E-state index is 0.254. The Morgan fingerprint density at radius 1 is 1.15 bits per heavy atom. The number of aromatic nitrogens is 5. The number of nitrogens with zero attached hydrogens (tertiary/aromatic N) is 6. The zero-order chi connectivity index (χ0) is 22.9. The van der Waals surface area contributed by atoms with Crippen LogP contribution in [0.5, 0.6) is 0 Å². The highest BCUT2D eigenvalue weighted by molar-refractivity contribution is 5.96. The second-order valence-corrected chi connectivity index (χ2v) is 9.40. The van der Waals surface area contributed by atoms with Gasteiger partial charge in [-0.25, -0.2) is 15.0 Å². The maximum Gasteiger partial charge on any atom is 0.151 e. The van der Waals surface area contributed by atoms with Crippen molar-refractivity contribution in [3.05, 3.63) is 24.3 Å². The molecule has 2 aliphatic rings. The number of aryl methyl sites for hydroxylation is 1. The van der Waals surface area contributed by atoms with Gasteiger partial charge >= 0.3 is 0 Å². The first-order valence-corrected chi connectivity index (χ1v) is 12.1. The smallest absolute Gasteiger partial charge is 0.151 e. The molecule has 176 valence electrons. The number of anilines is 2. The van der Waals surface area contributed by atoms with Crippen molar-refractivity contribution in [2.24, 2.45) is 0 Å². The van der Waals surface area contributed by atoms with Crippen LogP contribution in [0.1, 0.15) is 51.8 Å². The zero-order valence-corrected chi connectivity index (χ0v) is 19.8. The van der Waals surface area contributed by atoms with Crippen LogP contribution >= 0.6 is 0 Å². The molecular weight excluding hydrogens is 416 g/mol. The Morgan fingerprint density at radius 3 is 2.67 bits per heavy atom. The summed E-state index contributed by atoms with van der Waals surface area (Å²) in [5.74, 6) is 1.21. The van der Waals surface area contributed by atoms with E-state index in [0.717, 1.165) is 73.5 Å². The molecule has 2 saturated heterocycles. The van der Waals surface area contributed by atoms with Crippen LogP contribution in [0.4, 0.5) is 11.6 Å². The highest BCUT2D eigenvalue weighted by Gasteiger charge is 2.24. The fourth-order valence-corrected chi connectivity index (χ4v) is 4.85. The molecule has 3 aromatic heterocycles. The van der Waals surface area contributed by atoms with Crippen LogP contribution in [0, 0.1) is 0 Å². The molecule has 2 aliphatic heterocycles. The second-order valence-electron chi connectivity index (χ2n) is 9.40. The van der Waals surface area contributed by atoms with E-state index in [1.54, 1.807) is 6.20 Å². The third-order valence-corrected chi connectivity index (χ3v) is 6.92. The SMILES string of the molecule is CCc1nc2c(N)ncc(-c3cnn(C4CCN(C(C)C)CC4)c3)c2nc1N[C@H]1CCOC1. The summed E-state index contributed by atoms with van der Waals surface area (Å²) in [4.78, 5) is 16.8. The number of nitrogens with two attached hydrogens (primary N) is 1. The van der Waals surface area contributed by atoms with Gasteiger partial charge in [-0.1, -0.05) is 6.92 Å². The predicted molar refractivity (Wildman–Crippen MR) is 130 cm³/mol. The van der Waals surface area contributed by atoms with Gasteiger partial charge in [0.1, 0.15) is 16.9 Å². The first-order valence-electron chi connectivity index (χ1n) is 12.1. The molecule has 5 rings (SSSR count). The molecule has 9 nitrogen and oxygen atoms in total. The fraction of sp³-hybridized carbons (Fsp3) is 0.583. The number of hydrogen-bond acceptors (Lipinski definition) is 8. The van der Waals surface area contributed by atoms with E-state index in [2.05, 4.69) is 46.9 Å². The van der Waals surface area contributed by atoms with Crippen LogP contribution in [0.25, 0.3) is 22.2 Å². The van der Waals surface area contributed by atoms with E-state index < -0.39 is 0 Å².